The third-order valence-corrected chi connectivity index (χ3v) is 4.58. The van der Waals surface area contributed by atoms with Crippen molar-refractivity contribution in [1.29, 1.82) is 0 Å². The molecule has 0 aromatic heterocycles. The van der Waals surface area contributed by atoms with Crippen LogP contribution < -0.4 is 0 Å². The standard InChI is InChI=1S/C14H30O4S/c1-5-12(6-2)9-10-14(18-19(15,16)17)11-13(7-3)8-4/h12-14H,5-11H2,1-4H3,(H,15,16,17). The van der Waals surface area contributed by atoms with Crippen LogP contribution in [0.15, 0.2) is 0 Å². The molecule has 0 radical (unpaired) electrons. The van der Waals surface area contributed by atoms with Gasteiger partial charge in [0.1, 0.15) is 0 Å². The summed E-state index contributed by atoms with van der Waals surface area (Å²) in [5.74, 6) is 1.06. The van der Waals surface area contributed by atoms with Crippen LogP contribution in [0.4, 0.5) is 0 Å². The van der Waals surface area contributed by atoms with Crippen LogP contribution in [0.1, 0.15) is 72.6 Å². The minimum Gasteiger partial charge on any atom is -0.264 e. The number of hydrogen-bond acceptors (Lipinski definition) is 3. The highest BCUT2D eigenvalue weighted by molar-refractivity contribution is 7.80. The highest BCUT2D eigenvalue weighted by Crippen LogP contribution is 2.24. The molecule has 5 heteroatoms. The van der Waals surface area contributed by atoms with Gasteiger partial charge in [-0.3, -0.25) is 4.55 Å². The highest BCUT2D eigenvalue weighted by atomic mass is 32.3. The average molecular weight is 294 g/mol. The molecule has 0 aromatic carbocycles. The molecule has 1 atom stereocenters. The van der Waals surface area contributed by atoms with Crippen LogP contribution in [0, 0.1) is 11.8 Å². The number of hydrogen-bond donors (Lipinski definition) is 1. The Hall–Kier alpha value is -0.130. The van der Waals surface area contributed by atoms with Gasteiger partial charge in [-0.2, -0.15) is 8.42 Å². The summed E-state index contributed by atoms with van der Waals surface area (Å²) >= 11 is 0. The van der Waals surface area contributed by atoms with Crippen LogP contribution in [0.5, 0.6) is 0 Å². The Labute approximate surface area is 118 Å². The molecule has 0 amide bonds. The summed E-state index contributed by atoms with van der Waals surface area (Å²) in [6.07, 6.45) is 6.17. The van der Waals surface area contributed by atoms with Gasteiger partial charge in [-0.1, -0.05) is 53.4 Å². The predicted octanol–water partition coefficient (Wildman–Crippen LogP) is 4.22. The van der Waals surface area contributed by atoms with Gasteiger partial charge in [0.25, 0.3) is 0 Å². The van der Waals surface area contributed by atoms with E-state index >= 15 is 0 Å². The van der Waals surface area contributed by atoms with Crippen LogP contribution >= 0.6 is 0 Å². The molecule has 0 aliphatic carbocycles. The predicted molar refractivity (Wildman–Crippen MR) is 78.4 cm³/mol. The maximum atomic E-state index is 10.9. The van der Waals surface area contributed by atoms with E-state index in [2.05, 4.69) is 27.7 Å². The van der Waals surface area contributed by atoms with E-state index in [0.717, 1.165) is 32.1 Å². The van der Waals surface area contributed by atoms with Crippen molar-refractivity contribution in [2.24, 2.45) is 11.8 Å². The van der Waals surface area contributed by atoms with Crippen molar-refractivity contribution < 1.29 is 17.2 Å². The molecule has 0 bridgehead atoms. The van der Waals surface area contributed by atoms with E-state index < -0.39 is 10.4 Å². The molecule has 1 N–H and O–H groups in total. The lowest BCUT2D eigenvalue weighted by molar-refractivity contribution is 0.134. The summed E-state index contributed by atoms with van der Waals surface area (Å²) in [5, 5.41) is 0. The third kappa shape index (κ3) is 9.41. The Morgan fingerprint density at radius 2 is 1.37 bits per heavy atom. The van der Waals surface area contributed by atoms with E-state index in [4.69, 9.17) is 8.74 Å². The van der Waals surface area contributed by atoms with E-state index in [1.54, 1.807) is 0 Å². The van der Waals surface area contributed by atoms with Gasteiger partial charge in [-0.05, 0) is 31.1 Å². The average Bonchev–Trinajstić information content (AvgIpc) is 2.34. The van der Waals surface area contributed by atoms with Gasteiger partial charge >= 0.3 is 10.4 Å². The highest BCUT2D eigenvalue weighted by Gasteiger charge is 2.21. The quantitative estimate of drug-likeness (QED) is 0.580. The minimum absolute atomic E-state index is 0.388. The van der Waals surface area contributed by atoms with Crippen molar-refractivity contribution in [2.75, 3.05) is 0 Å². The summed E-state index contributed by atoms with van der Waals surface area (Å²) in [6, 6.07) is 0. The normalized spacial score (nSPS) is 14.3. The van der Waals surface area contributed by atoms with Gasteiger partial charge in [0.2, 0.25) is 0 Å². The summed E-state index contributed by atoms with van der Waals surface area (Å²) in [5.41, 5.74) is 0. The van der Waals surface area contributed by atoms with Gasteiger partial charge < -0.3 is 0 Å². The Kier molecular flexibility index (Phi) is 9.66. The maximum Gasteiger partial charge on any atom is 0.397 e. The molecule has 19 heavy (non-hydrogen) atoms. The molecule has 0 saturated heterocycles. The van der Waals surface area contributed by atoms with Crippen molar-refractivity contribution in [3.05, 3.63) is 0 Å². The Morgan fingerprint density at radius 1 is 0.895 bits per heavy atom. The first kappa shape index (κ1) is 18.9. The molecule has 0 fully saturated rings. The molecule has 0 aliphatic heterocycles. The van der Waals surface area contributed by atoms with Gasteiger partial charge in [-0.25, -0.2) is 4.18 Å². The number of rotatable bonds is 11. The van der Waals surface area contributed by atoms with Gasteiger partial charge in [0.05, 0.1) is 6.10 Å². The maximum absolute atomic E-state index is 10.9. The summed E-state index contributed by atoms with van der Waals surface area (Å²) in [6.45, 7) is 8.49. The van der Waals surface area contributed by atoms with Crippen molar-refractivity contribution in [3.8, 4) is 0 Å². The van der Waals surface area contributed by atoms with Crippen molar-refractivity contribution in [2.45, 2.75) is 78.7 Å². The lowest BCUT2D eigenvalue weighted by Gasteiger charge is -2.22. The fraction of sp³-hybridized carbons (Fsp3) is 1.00. The van der Waals surface area contributed by atoms with Crippen LogP contribution in [-0.2, 0) is 14.6 Å². The van der Waals surface area contributed by atoms with Crippen molar-refractivity contribution in [3.63, 3.8) is 0 Å². The molecule has 0 saturated carbocycles. The van der Waals surface area contributed by atoms with E-state index in [0.29, 0.717) is 24.7 Å². The van der Waals surface area contributed by atoms with E-state index in [1.807, 2.05) is 0 Å². The van der Waals surface area contributed by atoms with E-state index in [1.165, 1.54) is 0 Å². The fourth-order valence-corrected chi connectivity index (χ4v) is 3.01. The van der Waals surface area contributed by atoms with Gasteiger partial charge in [0, 0.05) is 0 Å². The van der Waals surface area contributed by atoms with Gasteiger partial charge in [0.15, 0.2) is 0 Å². The van der Waals surface area contributed by atoms with Crippen molar-refractivity contribution in [1.82, 2.24) is 0 Å². The molecular weight excluding hydrogens is 264 g/mol. The van der Waals surface area contributed by atoms with Crippen LogP contribution in [0.3, 0.4) is 0 Å². The van der Waals surface area contributed by atoms with Gasteiger partial charge in [-0.15, -0.1) is 0 Å². The van der Waals surface area contributed by atoms with Crippen LogP contribution in [0.2, 0.25) is 0 Å². The first-order chi connectivity index (χ1) is 8.86. The Balaban J connectivity index is 4.49. The second-order valence-electron chi connectivity index (χ2n) is 5.32. The molecule has 4 nitrogen and oxygen atoms in total. The zero-order valence-corrected chi connectivity index (χ0v) is 13.6. The summed E-state index contributed by atoms with van der Waals surface area (Å²) in [4.78, 5) is 0. The minimum atomic E-state index is -4.35. The molecule has 0 spiro atoms. The van der Waals surface area contributed by atoms with E-state index in [9.17, 15) is 8.42 Å². The van der Waals surface area contributed by atoms with Crippen molar-refractivity contribution >= 4 is 10.4 Å². The lowest BCUT2D eigenvalue weighted by atomic mass is 9.90. The molecule has 1 unspecified atom stereocenters. The van der Waals surface area contributed by atoms with Crippen LogP contribution in [-0.4, -0.2) is 19.1 Å². The summed E-state index contributed by atoms with van der Waals surface area (Å²) in [7, 11) is -4.35. The molecule has 116 valence electrons. The first-order valence-electron chi connectivity index (χ1n) is 7.51. The smallest absolute Gasteiger partial charge is 0.264 e. The second-order valence-corrected chi connectivity index (χ2v) is 6.37. The van der Waals surface area contributed by atoms with Crippen LogP contribution in [0.25, 0.3) is 0 Å². The molecule has 0 aromatic rings. The summed E-state index contributed by atoms with van der Waals surface area (Å²) < 4.78 is 35.5. The molecular formula is C14H30O4S. The largest absolute Gasteiger partial charge is 0.397 e. The zero-order valence-electron chi connectivity index (χ0n) is 12.8. The second kappa shape index (κ2) is 9.72. The topological polar surface area (TPSA) is 63.6 Å². The fourth-order valence-electron chi connectivity index (χ4n) is 2.49. The zero-order chi connectivity index (χ0) is 14.9. The molecule has 0 rings (SSSR count). The monoisotopic (exact) mass is 294 g/mol. The Bertz CT molecular complexity index is 305. The SMILES string of the molecule is CCC(CC)CCC(CC(CC)CC)OS(=O)(=O)O. The Morgan fingerprint density at radius 3 is 1.74 bits per heavy atom. The van der Waals surface area contributed by atoms with E-state index in [-0.39, 0.29) is 6.10 Å². The molecule has 0 heterocycles. The molecule has 0 aliphatic rings. The lowest BCUT2D eigenvalue weighted by Crippen LogP contribution is -2.22. The first-order valence-corrected chi connectivity index (χ1v) is 8.88. The third-order valence-electron chi connectivity index (χ3n) is 4.06.